The van der Waals surface area contributed by atoms with Gasteiger partial charge in [0, 0.05) is 24.7 Å². The molecule has 1 aliphatic heterocycles. The molecule has 0 aromatic rings. The minimum atomic E-state index is 0.393. The third kappa shape index (κ3) is 3.23. The van der Waals surface area contributed by atoms with Crippen molar-refractivity contribution in [3.8, 4) is 0 Å². The molecule has 1 heterocycles. The first kappa shape index (κ1) is 12.0. The Morgan fingerprint density at radius 1 is 1.43 bits per heavy atom. The molecule has 0 aliphatic carbocycles. The van der Waals surface area contributed by atoms with Crippen molar-refractivity contribution in [2.45, 2.75) is 44.8 Å². The van der Waals surface area contributed by atoms with E-state index in [9.17, 15) is 0 Å². The lowest BCUT2D eigenvalue weighted by molar-refractivity contribution is 0.183. The highest BCUT2D eigenvalue weighted by molar-refractivity contribution is 4.89. The van der Waals surface area contributed by atoms with E-state index in [0.717, 1.165) is 6.54 Å². The topological polar surface area (TPSA) is 32.5 Å². The summed E-state index contributed by atoms with van der Waals surface area (Å²) < 4.78 is 0. The van der Waals surface area contributed by atoms with Gasteiger partial charge in [0.25, 0.3) is 0 Å². The summed E-state index contributed by atoms with van der Waals surface area (Å²) in [4.78, 5) is 4.80. The van der Waals surface area contributed by atoms with Gasteiger partial charge in [0.15, 0.2) is 0 Å². The maximum Gasteiger partial charge on any atom is 0.0183 e. The van der Waals surface area contributed by atoms with E-state index in [4.69, 9.17) is 5.73 Å². The molecule has 1 saturated heterocycles. The summed E-state index contributed by atoms with van der Waals surface area (Å²) in [6.45, 7) is 6.78. The molecule has 1 aliphatic rings. The van der Waals surface area contributed by atoms with Crippen LogP contribution in [0, 0.1) is 0 Å². The first-order chi connectivity index (χ1) is 6.50. The zero-order valence-electron chi connectivity index (χ0n) is 10.0. The molecule has 3 nitrogen and oxygen atoms in total. The van der Waals surface area contributed by atoms with Crippen LogP contribution in [0.15, 0.2) is 0 Å². The number of rotatable bonds is 4. The number of nitrogens with zero attached hydrogens (tertiary/aromatic N) is 2. The molecular formula is C11H25N3. The summed E-state index contributed by atoms with van der Waals surface area (Å²) in [5.74, 6) is 0. The van der Waals surface area contributed by atoms with E-state index in [-0.39, 0.29) is 0 Å². The lowest BCUT2D eigenvalue weighted by Gasteiger charge is -2.28. The van der Waals surface area contributed by atoms with Crippen LogP contribution in [0.2, 0.25) is 0 Å². The SMILES string of the molecule is CC(C)N1CC(N)CC1CCN(C)C. The fourth-order valence-electron chi connectivity index (χ4n) is 2.30. The molecule has 0 saturated carbocycles. The van der Waals surface area contributed by atoms with Crippen molar-refractivity contribution in [2.75, 3.05) is 27.2 Å². The van der Waals surface area contributed by atoms with Gasteiger partial charge >= 0.3 is 0 Å². The van der Waals surface area contributed by atoms with Crippen molar-refractivity contribution >= 4 is 0 Å². The van der Waals surface area contributed by atoms with Gasteiger partial charge in [0.05, 0.1) is 0 Å². The molecule has 0 radical (unpaired) electrons. The van der Waals surface area contributed by atoms with Gasteiger partial charge < -0.3 is 10.6 Å². The Balaban J connectivity index is 2.41. The third-order valence-corrected chi connectivity index (χ3v) is 3.06. The van der Waals surface area contributed by atoms with Gasteiger partial charge in [-0.25, -0.2) is 0 Å². The molecule has 14 heavy (non-hydrogen) atoms. The number of hydrogen-bond acceptors (Lipinski definition) is 3. The highest BCUT2D eigenvalue weighted by Crippen LogP contribution is 2.21. The molecule has 0 bridgehead atoms. The second kappa shape index (κ2) is 5.10. The van der Waals surface area contributed by atoms with E-state index in [1.807, 2.05) is 0 Å². The van der Waals surface area contributed by atoms with Crippen LogP contribution in [0.1, 0.15) is 26.7 Å². The van der Waals surface area contributed by atoms with Crippen LogP contribution in [-0.2, 0) is 0 Å². The molecule has 3 heteroatoms. The minimum absolute atomic E-state index is 0.393. The monoisotopic (exact) mass is 199 g/mol. The molecular weight excluding hydrogens is 174 g/mol. The summed E-state index contributed by atoms with van der Waals surface area (Å²) in [5, 5.41) is 0. The predicted octanol–water partition coefficient (Wildman–Crippen LogP) is 0.748. The van der Waals surface area contributed by atoms with Gasteiger partial charge in [-0.05, 0) is 47.3 Å². The third-order valence-electron chi connectivity index (χ3n) is 3.06. The van der Waals surface area contributed by atoms with Gasteiger partial charge in [0.1, 0.15) is 0 Å². The van der Waals surface area contributed by atoms with Crippen LogP contribution in [0.3, 0.4) is 0 Å². The van der Waals surface area contributed by atoms with Crippen LogP contribution in [-0.4, -0.2) is 55.1 Å². The second-order valence-corrected chi connectivity index (χ2v) is 5.03. The highest BCUT2D eigenvalue weighted by atomic mass is 15.2. The van der Waals surface area contributed by atoms with E-state index in [1.54, 1.807) is 0 Å². The zero-order valence-corrected chi connectivity index (χ0v) is 10.0. The molecule has 2 unspecified atom stereocenters. The van der Waals surface area contributed by atoms with Crippen LogP contribution in [0.25, 0.3) is 0 Å². The Morgan fingerprint density at radius 3 is 2.57 bits per heavy atom. The minimum Gasteiger partial charge on any atom is -0.326 e. The van der Waals surface area contributed by atoms with E-state index < -0.39 is 0 Å². The van der Waals surface area contributed by atoms with Crippen molar-refractivity contribution in [1.29, 1.82) is 0 Å². The average molecular weight is 199 g/mol. The lowest BCUT2D eigenvalue weighted by Crippen LogP contribution is -2.37. The largest absolute Gasteiger partial charge is 0.326 e. The first-order valence-electron chi connectivity index (χ1n) is 5.66. The normalized spacial score (nSPS) is 29.4. The standard InChI is InChI=1S/C11H25N3/c1-9(2)14-8-10(12)7-11(14)5-6-13(3)4/h9-11H,5-8,12H2,1-4H3. The molecule has 0 aromatic heterocycles. The lowest BCUT2D eigenvalue weighted by atomic mass is 10.1. The molecule has 2 atom stereocenters. The fraction of sp³-hybridized carbons (Fsp3) is 1.00. The van der Waals surface area contributed by atoms with Crippen LogP contribution in [0.4, 0.5) is 0 Å². The fourth-order valence-corrected chi connectivity index (χ4v) is 2.30. The van der Waals surface area contributed by atoms with E-state index in [0.29, 0.717) is 18.1 Å². The predicted molar refractivity (Wildman–Crippen MR) is 61.4 cm³/mol. The molecule has 0 amide bonds. The molecule has 1 fully saturated rings. The Morgan fingerprint density at radius 2 is 2.07 bits per heavy atom. The molecule has 84 valence electrons. The van der Waals surface area contributed by atoms with Gasteiger partial charge in [-0.1, -0.05) is 0 Å². The quantitative estimate of drug-likeness (QED) is 0.725. The Hall–Kier alpha value is -0.120. The maximum absolute atomic E-state index is 6.00. The van der Waals surface area contributed by atoms with Crippen molar-refractivity contribution < 1.29 is 0 Å². The van der Waals surface area contributed by atoms with Crippen LogP contribution < -0.4 is 5.73 Å². The highest BCUT2D eigenvalue weighted by Gasteiger charge is 2.30. The van der Waals surface area contributed by atoms with Crippen LogP contribution >= 0.6 is 0 Å². The molecule has 1 rings (SSSR count). The number of nitrogens with two attached hydrogens (primary N) is 1. The van der Waals surface area contributed by atoms with E-state index in [1.165, 1.54) is 19.4 Å². The molecule has 0 aromatic carbocycles. The Labute approximate surface area is 88.2 Å². The second-order valence-electron chi connectivity index (χ2n) is 5.03. The van der Waals surface area contributed by atoms with Gasteiger partial charge in [-0.3, -0.25) is 4.90 Å². The van der Waals surface area contributed by atoms with Crippen molar-refractivity contribution in [3.05, 3.63) is 0 Å². The van der Waals surface area contributed by atoms with E-state index in [2.05, 4.69) is 37.7 Å². The Bertz CT molecular complexity index is 168. The summed E-state index contributed by atoms with van der Waals surface area (Å²) in [7, 11) is 4.27. The van der Waals surface area contributed by atoms with Gasteiger partial charge in [-0.2, -0.15) is 0 Å². The summed E-state index contributed by atoms with van der Waals surface area (Å²) >= 11 is 0. The molecule has 0 spiro atoms. The summed E-state index contributed by atoms with van der Waals surface area (Å²) in [6.07, 6.45) is 2.42. The van der Waals surface area contributed by atoms with Gasteiger partial charge in [0.2, 0.25) is 0 Å². The van der Waals surface area contributed by atoms with Gasteiger partial charge in [-0.15, -0.1) is 0 Å². The maximum atomic E-state index is 6.00. The van der Waals surface area contributed by atoms with Crippen molar-refractivity contribution in [3.63, 3.8) is 0 Å². The molecule has 2 N–H and O–H groups in total. The summed E-state index contributed by atoms with van der Waals surface area (Å²) in [6, 6.07) is 1.73. The van der Waals surface area contributed by atoms with Crippen molar-refractivity contribution in [2.24, 2.45) is 5.73 Å². The number of likely N-dealkylation sites (tertiary alicyclic amines) is 1. The van der Waals surface area contributed by atoms with Crippen molar-refractivity contribution in [1.82, 2.24) is 9.80 Å². The average Bonchev–Trinajstić information content (AvgIpc) is 2.43. The van der Waals surface area contributed by atoms with Crippen LogP contribution in [0.5, 0.6) is 0 Å². The zero-order chi connectivity index (χ0) is 10.7. The number of hydrogen-bond donors (Lipinski definition) is 1. The summed E-state index contributed by atoms with van der Waals surface area (Å²) in [5.41, 5.74) is 6.00. The van der Waals surface area contributed by atoms with E-state index >= 15 is 0 Å². The Kier molecular flexibility index (Phi) is 4.35. The first-order valence-corrected chi connectivity index (χ1v) is 5.66. The smallest absolute Gasteiger partial charge is 0.0183 e.